The maximum absolute atomic E-state index is 14.2. The number of fused-ring (bicyclic) bond motifs is 1. The number of rotatable bonds is 7. The van der Waals surface area contributed by atoms with Gasteiger partial charge in [0.2, 0.25) is 0 Å². The lowest BCUT2D eigenvalue weighted by Crippen LogP contribution is -2.39. The minimum Gasteiger partial charge on any atom is -0.484 e. The van der Waals surface area contributed by atoms with Crippen LogP contribution in [0, 0.1) is 18.6 Å². The Kier molecular flexibility index (Phi) is 6.90. The third kappa shape index (κ3) is 5.47. The summed E-state index contributed by atoms with van der Waals surface area (Å²) in [7, 11) is 0. The number of ether oxygens (including phenoxy) is 1. The molecule has 37 heavy (non-hydrogen) atoms. The van der Waals surface area contributed by atoms with Crippen LogP contribution < -0.4 is 10.1 Å². The molecule has 0 saturated carbocycles. The first-order chi connectivity index (χ1) is 17.8. The number of benzene rings is 3. The van der Waals surface area contributed by atoms with E-state index in [4.69, 9.17) is 16.3 Å². The summed E-state index contributed by atoms with van der Waals surface area (Å²) < 4.78 is 35.6. The smallest absolute Gasteiger partial charge is 0.280 e. The van der Waals surface area contributed by atoms with Crippen LogP contribution in [-0.4, -0.2) is 26.7 Å². The van der Waals surface area contributed by atoms with Crippen molar-refractivity contribution in [3.05, 3.63) is 105 Å². The van der Waals surface area contributed by atoms with Crippen molar-refractivity contribution in [1.29, 1.82) is 0 Å². The van der Waals surface area contributed by atoms with Gasteiger partial charge in [-0.1, -0.05) is 11.6 Å². The van der Waals surface area contributed by atoms with Gasteiger partial charge >= 0.3 is 0 Å². The Morgan fingerprint density at radius 3 is 2.54 bits per heavy atom. The van der Waals surface area contributed by atoms with Gasteiger partial charge in [-0.2, -0.15) is 5.10 Å². The zero-order chi connectivity index (χ0) is 26.1. The predicted octanol–water partition coefficient (Wildman–Crippen LogP) is 6.66. The molecule has 0 spiro atoms. The summed E-state index contributed by atoms with van der Waals surface area (Å²) in [4.78, 5) is 17.8. The van der Waals surface area contributed by atoms with Gasteiger partial charge in [-0.25, -0.2) is 18.4 Å². The Hall–Kier alpha value is -3.82. The number of aryl methyl sites for hydroxylation is 1. The van der Waals surface area contributed by atoms with Gasteiger partial charge < -0.3 is 10.1 Å². The summed E-state index contributed by atoms with van der Waals surface area (Å²) >= 11 is 7.41. The van der Waals surface area contributed by atoms with E-state index in [0.717, 1.165) is 15.8 Å². The van der Waals surface area contributed by atoms with Crippen molar-refractivity contribution in [2.45, 2.75) is 26.0 Å². The van der Waals surface area contributed by atoms with Crippen LogP contribution in [0.25, 0.3) is 16.6 Å². The highest BCUT2D eigenvalue weighted by Crippen LogP contribution is 2.31. The molecule has 1 amide bonds. The van der Waals surface area contributed by atoms with E-state index >= 15 is 0 Å². The third-order valence-corrected chi connectivity index (χ3v) is 6.85. The number of amides is 1. The highest BCUT2D eigenvalue weighted by molar-refractivity contribution is 7.13. The number of nitrogens with one attached hydrogen (secondary N) is 1. The van der Waals surface area contributed by atoms with Crippen molar-refractivity contribution < 1.29 is 18.3 Å². The number of hydrogen-bond donors (Lipinski definition) is 1. The van der Waals surface area contributed by atoms with Gasteiger partial charge in [0.05, 0.1) is 23.4 Å². The molecule has 2 atom stereocenters. The lowest BCUT2D eigenvalue weighted by molar-refractivity contribution is 0.0881. The molecule has 0 unspecified atom stereocenters. The molecule has 3 aromatic carbocycles. The predicted molar refractivity (Wildman–Crippen MR) is 140 cm³/mol. The van der Waals surface area contributed by atoms with E-state index < -0.39 is 18.0 Å². The van der Waals surface area contributed by atoms with Crippen molar-refractivity contribution in [3.8, 4) is 11.4 Å². The van der Waals surface area contributed by atoms with Crippen LogP contribution in [0.2, 0.25) is 5.02 Å². The molecule has 10 heteroatoms. The first-order valence-electron chi connectivity index (χ1n) is 11.4. The average molecular weight is 539 g/mol. The molecule has 188 valence electrons. The average Bonchev–Trinajstić information content (AvgIpc) is 3.48. The Labute approximate surface area is 220 Å². The molecular formula is C27H21ClF2N4O2S. The molecule has 0 saturated heterocycles. The molecule has 0 aliphatic carbocycles. The molecule has 0 fully saturated rings. The highest BCUT2D eigenvalue weighted by atomic mass is 35.5. The molecule has 0 aliphatic heterocycles. The summed E-state index contributed by atoms with van der Waals surface area (Å²) in [5.41, 5.74) is 1.98. The maximum atomic E-state index is 14.2. The van der Waals surface area contributed by atoms with Crippen LogP contribution >= 0.6 is 22.9 Å². The SMILES string of the molecule is Cc1cnc(C(=O)N[C@@H](C)[C@H](Oc2ccc3c(cnn3-c3ccc(F)cc3)c2)c2cc(F)cc(Cl)c2)s1. The first-order valence-corrected chi connectivity index (χ1v) is 12.6. The number of hydrogen-bond acceptors (Lipinski definition) is 5. The molecule has 5 rings (SSSR count). The fourth-order valence-electron chi connectivity index (χ4n) is 4.02. The Morgan fingerprint density at radius 1 is 1.05 bits per heavy atom. The number of aromatic nitrogens is 3. The molecule has 2 aromatic heterocycles. The Morgan fingerprint density at radius 2 is 1.84 bits per heavy atom. The van der Waals surface area contributed by atoms with Crippen molar-refractivity contribution in [3.63, 3.8) is 0 Å². The Bertz CT molecular complexity index is 1570. The van der Waals surface area contributed by atoms with Crippen molar-refractivity contribution in [2.24, 2.45) is 0 Å². The van der Waals surface area contributed by atoms with E-state index in [1.54, 1.807) is 54.3 Å². The second kappa shape index (κ2) is 10.3. The number of carbonyl (C=O) groups excluding carboxylic acids is 1. The number of nitrogens with zero attached hydrogens (tertiary/aromatic N) is 3. The third-order valence-electron chi connectivity index (χ3n) is 5.72. The zero-order valence-corrected chi connectivity index (χ0v) is 21.4. The minimum atomic E-state index is -0.761. The van der Waals surface area contributed by atoms with Gasteiger partial charge in [-0.15, -0.1) is 11.3 Å². The van der Waals surface area contributed by atoms with Gasteiger partial charge in [0.1, 0.15) is 23.5 Å². The molecule has 2 heterocycles. The highest BCUT2D eigenvalue weighted by Gasteiger charge is 2.26. The summed E-state index contributed by atoms with van der Waals surface area (Å²) in [6, 6.07) is 15.0. The van der Waals surface area contributed by atoms with E-state index in [1.165, 1.54) is 35.6 Å². The van der Waals surface area contributed by atoms with E-state index in [0.29, 0.717) is 22.0 Å². The minimum absolute atomic E-state index is 0.216. The summed E-state index contributed by atoms with van der Waals surface area (Å²) in [6.07, 6.45) is 2.55. The quantitative estimate of drug-likeness (QED) is 0.251. The molecule has 1 N–H and O–H groups in total. The van der Waals surface area contributed by atoms with Crippen molar-refractivity contribution >= 4 is 39.7 Å². The van der Waals surface area contributed by atoms with Crippen LogP contribution in [0.5, 0.6) is 5.75 Å². The summed E-state index contributed by atoms with van der Waals surface area (Å²) in [6.45, 7) is 3.64. The second-order valence-corrected chi connectivity index (χ2v) is 10.2. The van der Waals surface area contributed by atoms with Crippen LogP contribution in [0.4, 0.5) is 8.78 Å². The molecule has 0 aliphatic rings. The zero-order valence-electron chi connectivity index (χ0n) is 19.8. The number of halogens is 3. The van der Waals surface area contributed by atoms with E-state index in [1.807, 2.05) is 13.0 Å². The normalized spacial score (nSPS) is 12.9. The van der Waals surface area contributed by atoms with Gasteiger partial charge in [-0.05, 0) is 80.1 Å². The van der Waals surface area contributed by atoms with Crippen LogP contribution in [-0.2, 0) is 0 Å². The lowest BCUT2D eigenvalue weighted by Gasteiger charge is -2.26. The van der Waals surface area contributed by atoms with E-state index in [-0.39, 0.29) is 16.7 Å². The lowest BCUT2D eigenvalue weighted by atomic mass is 10.0. The van der Waals surface area contributed by atoms with Crippen LogP contribution in [0.3, 0.4) is 0 Å². The summed E-state index contributed by atoms with van der Waals surface area (Å²) in [5.74, 6) is -0.702. The second-order valence-electron chi connectivity index (χ2n) is 8.53. The molecule has 0 radical (unpaired) electrons. The van der Waals surface area contributed by atoms with E-state index in [2.05, 4.69) is 15.4 Å². The maximum Gasteiger partial charge on any atom is 0.280 e. The monoisotopic (exact) mass is 538 g/mol. The van der Waals surface area contributed by atoms with Crippen molar-refractivity contribution in [1.82, 2.24) is 20.1 Å². The van der Waals surface area contributed by atoms with Gasteiger partial charge in [0.15, 0.2) is 5.01 Å². The largest absolute Gasteiger partial charge is 0.484 e. The molecule has 5 aromatic rings. The van der Waals surface area contributed by atoms with Gasteiger partial charge in [-0.3, -0.25) is 4.79 Å². The van der Waals surface area contributed by atoms with Crippen LogP contribution in [0.15, 0.2) is 73.1 Å². The topological polar surface area (TPSA) is 69.0 Å². The Balaban J connectivity index is 1.45. The number of carbonyl (C=O) groups is 1. The summed E-state index contributed by atoms with van der Waals surface area (Å²) in [5, 5.41) is 8.65. The molecule has 0 bridgehead atoms. The standard InChI is InChI=1S/C27H21ClF2N4O2S/c1-15-13-31-27(37-15)26(35)33-16(2)25(17-9-19(28)12-21(30)10-17)36-23-7-8-24-18(11-23)14-32-34(24)22-5-3-20(29)4-6-22/h3-14,16,25H,1-2H3,(H,33,35)/t16-,25-/m0/s1. The van der Waals surface area contributed by atoms with Gasteiger partial charge in [0, 0.05) is 21.5 Å². The fraction of sp³-hybridized carbons (Fsp3) is 0.148. The molecular weight excluding hydrogens is 518 g/mol. The first kappa shape index (κ1) is 24.9. The van der Waals surface area contributed by atoms with E-state index in [9.17, 15) is 13.6 Å². The number of thiazole rings is 1. The van der Waals surface area contributed by atoms with Crippen molar-refractivity contribution in [2.75, 3.05) is 0 Å². The molecule has 6 nitrogen and oxygen atoms in total. The van der Waals surface area contributed by atoms with Gasteiger partial charge in [0.25, 0.3) is 5.91 Å². The fourth-order valence-corrected chi connectivity index (χ4v) is 4.92. The van der Waals surface area contributed by atoms with Crippen LogP contribution in [0.1, 0.15) is 33.3 Å².